The maximum Gasteiger partial charge on any atom is 0.289 e. The molecule has 0 aromatic carbocycles. The zero-order chi connectivity index (χ0) is 16.8. The number of amides is 1. The molecular weight excluding hydrogens is 324 g/mol. The number of aromatic nitrogens is 1. The Bertz CT molecular complexity index is 659. The van der Waals surface area contributed by atoms with Crippen LogP contribution in [0.3, 0.4) is 0 Å². The molecule has 1 amide bonds. The average molecular weight is 346 g/mol. The van der Waals surface area contributed by atoms with Crippen LogP contribution in [0.5, 0.6) is 0 Å². The molecule has 0 spiro atoms. The van der Waals surface area contributed by atoms with Crippen molar-refractivity contribution in [1.29, 1.82) is 0 Å². The summed E-state index contributed by atoms with van der Waals surface area (Å²) < 4.78 is 11.6. The van der Waals surface area contributed by atoms with Gasteiger partial charge in [-0.3, -0.25) is 9.78 Å². The molecule has 24 heavy (non-hydrogen) atoms. The van der Waals surface area contributed by atoms with Crippen molar-refractivity contribution in [3.63, 3.8) is 0 Å². The summed E-state index contributed by atoms with van der Waals surface area (Å²) in [6, 6.07) is 7.55. The van der Waals surface area contributed by atoms with E-state index in [1.54, 1.807) is 24.0 Å². The Morgan fingerprint density at radius 1 is 1.46 bits per heavy atom. The molecule has 0 radical (unpaired) electrons. The minimum absolute atomic E-state index is 0.0444. The van der Waals surface area contributed by atoms with Crippen LogP contribution in [0.15, 0.2) is 41.1 Å². The van der Waals surface area contributed by atoms with Crippen molar-refractivity contribution >= 4 is 17.7 Å². The fourth-order valence-corrected chi connectivity index (χ4v) is 3.26. The summed E-state index contributed by atoms with van der Waals surface area (Å²) >= 11 is 1.68. The molecular formula is C18H22N2O3S. The molecule has 3 heterocycles. The summed E-state index contributed by atoms with van der Waals surface area (Å²) in [6.45, 7) is 1.89. The van der Waals surface area contributed by atoms with Crippen LogP contribution in [0.4, 0.5) is 0 Å². The Kier molecular flexibility index (Phi) is 5.93. The van der Waals surface area contributed by atoms with E-state index in [-0.39, 0.29) is 12.0 Å². The number of likely N-dealkylation sites (tertiary alicyclic amines) is 1. The lowest BCUT2D eigenvalue weighted by molar-refractivity contribution is -0.00764. The number of pyridine rings is 1. The van der Waals surface area contributed by atoms with Crippen LogP contribution < -0.4 is 0 Å². The Hall–Kier alpha value is -1.79. The van der Waals surface area contributed by atoms with Crippen molar-refractivity contribution in [3.05, 3.63) is 53.7 Å². The highest BCUT2D eigenvalue weighted by molar-refractivity contribution is 7.97. The fourth-order valence-electron chi connectivity index (χ4n) is 2.82. The number of rotatable bonds is 6. The number of piperidine rings is 1. The van der Waals surface area contributed by atoms with Crippen molar-refractivity contribution in [2.45, 2.75) is 31.3 Å². The average Bonchev–Trinajstić information content (AvgIpc) is 3.09. The summed E-state index contributed by atoms with van der Waals surface area (Å²) in [6.07, 6.45) is 7.55. The first-order valence-corrected chi connectivity index (χ1v) is 9.53. The minimum Gasteiger partial charge on any atom is -0.455 e. The van der Waals surface area contributed by atoms with E-state index >= 15 is 0 Å². The third-order valence-corrected chi connectivity index (χ3v) is 4.61. The SMILES string of the molecule is CSCc1ccc(C(=O)N2CCC[C@@H](OCc3cccnc3)C2)o1. The largest absolute Gasteiger partial charge is 0.455 e. The molecule has 2 aromatic heterocycles. The Morgan fingerprint density at radius 2 is 2.38 bits per heavy atom. The van der Waals surface area contributed by atoms with Gasteiger partial charge in [0.05, 0.1) is 18.5 Å². The Balaban J connectivity index is 1.55. The lowest BCUT2D eigenvalue weighted by atomic mass is 10.1. The second-order valence-electron chi connectivity index (χ2n) is 5.89. The molecule has 0 N–H and O–H groups in total. The van der Waals surface area contributed by atoms with E-state index < -0.39 is 0 Å². The molecule has 1 atom stereocenters. The number of ether oxygens (including phenoxy) is 1. The highest BCUT2D eigenvalue weighted by atomic mass is 32.2. The standard InChI is InChI=1S/C18H22N2O3S/c1-24-13-16-6-7-17(23-16)18(21)20-9-3-5-15(11-20)22-12-14-4-2-8-19-10-14/h2,4,6-8,10,15H,3,5,9,11-13H2,1H3/t15-/m1/s1. The molecule has 5 nitrogen and oxygen atoms in total. The topological polar surface area (TPSA) is 55.6 Å². The second kappa shape index (κ2) is 8.35. The molecule has 0 saturated carbocycles. The summed E-state index contributed by atoms with van der Waals surface area (Å²) in [5, 5.41) is 0. The second-order valence-corrected chi connectivity index (χ2v) is 6.75. The van der Waals surface area contributed by atoms with Crippen LogP contribution in [0.25, 0.3) is 0 Å². The van der Waals surface area contributed by atoms with Gasteiger partial charge in [-0.2, -0.15) is 11.8 Å². The predicted octanol–water partition coefficient (Wildman–Crippen LogP) is 3.36. The normalized spacial score (nSPS) is 17.9. The number of carbonyl (C=O) groups is 1. The van der Waals surface area contributed by atoms with Crippen LogP contribution in [-0.2, 0) is 17.1 Å². The Labute approximate surface area is 146 Å². The van der Waals surface area contributed by atoms with Crippen molar-refractivity contribution in [2.24, 2.45) is 0 Å². The van der Waals surface area contributed by atoms with Crippen molar-refractivity contribution in [1.82, 2.24) is 9.88 Å². The van der Waals surface area contributed by atoms with Crippen LogP contribution in [0.2, 0.25) is 0 Å². The predicted molar refractivity (Wildman–Crippen MR) is 93.9 cm³/mol. The van der Waals surface area contributed by atoms with E-state index in [1.165, 1.54) is 0 Å². The quantitative estimate of drug-likeness (QED) is 0.803. The van der Waals surface area contributed by atoms with Gasteiger partial charge in [0.2, 0.25) is 0 Å². The van der Waals surface area contributed by atoms with E-state index in [9.17, 15) is 4.79 Å². The summed E-state index contributed by atoms with van der Waals surface area (Å²) in [4.78, 5) is 18.5. The summed E-state index contributed by atoms with van der Waals surface area (Å²) in [5.41, 5.74) is 1.05. The molecule has 1 fully saturated rings. The summed E-state index contributed by atoms with van der Waals surface area (Å²) in [5.74, 6) is 2.00. The molecule has 1 aliphatic heterocycles. The molecule has 1 saturated heterocycles. The van der Waals surface area contributed by atoms with Crippen LogP contribution in [-0.4, -0.2) is 41.2 Å². The van der Waals surface area contributed by atoms with Crippen molar-refractivity contribution < 1.29 is 13.9 Å². The van der Waals surface area contributed by atoms with E-state index in [0.29, 0.717) is 18.9 Å². The summed E-state index contributed by atoms with van der Waals surface area (Å²) in [7, 11) is 0. The molecule has 6 heteroatoms. The maximum atomic E-state index is 12.6. The lowest BCUT2D eigenvalue weighted by Gasteiger charge is -2.32. The van der Waals surface area contributed by atoms with E-state index in [1.807, 2.05) is 35.6 Å². The van der Waals surface area contributed by atoms with Gasteiger partial charge in [-0.1, -0.05) is 6.07 Å². The molecule has 0 bridgehead atoms. The van der Waals surface area contributed by atoms with E-state index in [4.69, 9.17) is 9.15 Å². The van der Waals surface area contributed by atoms with Gasteiger partial charge in [-0.05, 0) is 42.9 Å². The molecule has 0 unspecified atom stereocenters. The number of hydrogen-bond donors (Lipinski definition) is 0. The van der Waals surface area contributed by atoms with Gasteiger partial charge in [0.1, 0.15) is 5.76 Å². The highest BCUT2D eigenvalue weighted by Gasteiger charge is 2.26. The van der Waals surface area contributed by atoms with Gasteiger partial charge in [0.25, 0.3) is 5.91 Å². The van der Waals surface area contributed by atoms with E-state index in [2.05, 4.69) is 4.98 Å². The van der Waals surface area contributed by atoms with Gasteiger partial charge < -0.3 is 14.1 Å². The minimum atomic E-state index is -0.0444. The zero-order valence-electron chi connectivity index (χ0n) is 13.8. The molecule has 2 aromatic rings. The highest BCUT2D eigenvalue weighted by Crippen LogP contribution is 2.20. The van der Waals surface area contributed by atoms with Crippen LogP contribution >= 0.6 is 11.8 Å². The third-order valence-electron chi connectivity index (χ3n) is 4.03. The maximum absolute atomic E-state index is 12.6. The molecule has 3 rings (SSSR count). The van der Waals surface area contributed by atoms with Gasteiger partial charge in [0.15, 0.2) is 5.76 Å². The zero-order valence-corrected chi connectivity index (χ0v) is 14.6. The lowest BCUT2D eigenvalue weighted by Crippen LogP contribution is -2.43. The number of hydrogen-bond acceptors (Lipinski definition) is 5. The van der Waals surface area contributed by atoms with Gasteiger partial charge >= 0.3 is 0 Å². The molecule has 0 aliphatic carbocycles. The van der Waals surface area contributed by atoms with Crippen LogP contribution in [0, 0.1) is 0 Å². The smallest absolute Gasteiger partial charge is 0.289 e. The fraction of sp³-hybridized carbons (Fsp3) is 0.444. The van der Waals surface area contributed by atoms with Crippen molar-refractivity contribution in [2.75, 3.05) is 19.3 Å². The first-order valence-electron chi connectivity index (χ1n) is 8.13. The van der Waals surface area contributed by atoms with E-state index in [0.717, 1.165) is 36.5 Å². The number of furan rings is 1. The van der Waals surface area contributed by atoms with Crippen LogP contribution in [0.1, 0.15) is 34.7 Å². The monoisotopic (exact) mass is 346 g/mol. The van der Waals surface area contributed by atoms with Gasteiger partial charge in [-0.15, -0.1) is 0 Å². The first-order chi connectivity index (χ1) is 11.8. The number of nitrogens with zero attached hydrogens (tertiary/aromatic N) is 2. The number of thioether (sulfide) groups is 1. The van der Waals surface area contributed by atoms with Gasteiger partial charge in [0, 0.05) is 25.5 Å². The molecule has 128 valence electrons. The Morgan fingerprint density at radius 3 is 3.17 bits per heavy atom. The third kappa shape index (κ3) is 4.39. The molecule has 1 aliphatic rings. The first kappa shape index (κ1) is 17.0. The van der Waals surface area contributed by atoms with Gasteiger partial charge in [-0.25, -0.2) is 0 Å². The number of carbonyl (C=O) groups excluding carboxylic acids is 1. The van der Waals surface area contributed by atoms with Crippen molar-refractivity contribution in [3.8, 4) is 0 Å².